The summed E-state index contributed by atoms with van der Waals surface area (Å²) >= 11 is 0. The lowest BCUT2D eigenvalue weighted by Crippen LogP contribution is -2.48. The van der Waals surface area contributed by atoms with Crippen molar-refractivity contribution in [3.05, 3.63) is 0 Å². The van der Waals surface area contributed by atoms with Crippen LogP contribution in [0.2, 0.25) is 0 Å². The van der Waals surface area contributed by atoms with Crippen molar-refractivity contribution in [3.8, 4) is 0 Å². The van der Waals surface area contributed by atoms with Crippen LogP contribution in [0.3, 0.4) is 0 Å². The third kappa shape index (κ3) is 14.4. The Morgan fingerprint density at radius 1 is 0.781 bits per heavy atom. The summed E-state index contributed by atoms with van der Waals surface area (Å²) in [5, 5.41) is 10.9. The molecule has 0 saturated carbocycles. The number of carbonyl (C=O) groups is 6. The van der Waals surface area contributed by atoms with Crippen LogP contribution >= 0.6 is 0 Å². The van der Waals surface area contributed by atoms with E-state index < -0.39 is 24.0 Å². The number of likely N-dealkylation sites (N-methyl/N-ethyl adjacent to an activating group) is 1. The van der Waals surface area contributed by atoms with Crippen molar-refractivity contribution in [1.82, 2.24) is 21.3 Å². The van der Waals surface area contributed by atoms with E-state index in [4.69, 9.17) is 0 Å². The van der Waals surface area contributed by atoms with E-state index in [0.717, 1.165) is 0 Å². The molecule has 0 bridgehead atoms. The highest BCUT2D eigenvalue weighted by atomic mass is 16.2. The highest BCUT2D eigenvalue weighted by Gasteiger charge is 2.22. The van der Waals surface area contributed by atoms with Gasteiger partial charge in [-0.25, -0.2) is 0 Å². The fourth-order valence-corrected chi connectivity index (χ4v) is 3.20. The number of nitrogens with one attached hydrogen (secondary N) is 4. The second-order valence-electron chi connectivity index (χ2n) is 8.06. The second-order valence-corrected chi connectivity index (χ2v) is 8.06. The van der Waals surface area contributed by atoms with Gasteiger partial charge in [0.15, 0.2) is 0 Å². The lowest BCUT2D eigenvalue weighted by atomic mass is 10.0. The molecule has 0 aromatic rings. The van der Waals surface area contributed by atoms with Crippen LogP contribution in [0, 0.1) is 0 Å². The number of amides is 3. The van der Waals surface area contributed by atoms with Gasteiger partial charge >= 0.3 is 0 Å². The van der Waals surface area contributed by atoms with E-state index >= 15 is 0 Å². The van der Waals surface area contributed by atoms with Crippen molar-refractivity contribution in [2.24, 2.45) is 0 Å². The normalized spacial score (nSPS) is 13.4. The molecule has 0 spiro atoms. The van der Waals surface area contributed by atoms with Gasteiger partial charge in [-0.1, -0.05) is 0 Å². The largest absolute Gasteiger partial charge is 0.355 e. The van der Waals surface area contributed by atoms with Crippen LogP contribution in [-0.4, -0.2) is 67.3 Å². The lowest BCUT2D eigenvalue weighted by molar-refractivity contribution is -0.127. The Hall–Kier alpha value is -2.62. The third-order valence-corrected chi connectivity index (χ3v) is 4.98. The van der Waals surface area contributed by atoms with E-state index in [-0.39, 0.29) is 42.5 Å². The summed E-state index contributed by atoms with van der Waals surface area (Å²) in [7, 11) is 1.67. The maximum atomic E-state index is 12.5. The van der Waals surface area contributed by atoms with Crippen LogP contribution in [0.15, 0.2) is 0 Å². The second kappa shape index (κ2) is 17.0. The molecular weight excluding hydrogens is 416 g/mol. The van der Waals surface area contributed by atoms with E-state index in [9.17, 15) is 28.8 Å². The molecule has 0 radical (unpaired) electrons. The van der Waals surface area contributed by atoms with Gasteiger partial charge < -0.3 is 30.9 Å². The first-order chi connectivity index (χ1) is 15.1. The Balaban J connectivity index is 4.56. The number of rotatable bonds is 19. The average Bonchev–Trinajstić information content (AvgIpc) is 2.70. The first kappa shape index (κ1) is 29.4. The first-order valence-electron chi connectivity index (χ1n) is 11.0. The van der Waals surface area contributed by atoms with Gasteiger partial charge in [-0.3, -0.25) is 19.2 Å². The summed E-state index contributed by atoms with van der Waals surface area (Å²) in [5.41, 5.74) is 0. The third-order valence-electron chi connectivity index (χ3n) is 4.98. The molecule has 0 aliphatic heterocycles. The Morgan fingerprint density at radius 2 is 1.38 bits per heavy atom. The summed E-state index contributed by atoms with van der Waals surface area (Å²) in [6, 6.07) is -1.66. The number of carbonyl (C=O) groups excluding carboxylic acids is 6. The Labute approximate surface area is 190 Å². The fourth-order valence-electron chi connectivity index (χ4n) is 3.20. The van der Waals surface area contributed by atoms with Crippen molar-refractivity contribution in [3.63, 3.8) is 0 Å². The monoisotopic (exact) mass is 454 g/mol. The van der Waals surface area contributed by atoms with E-state index in [1.54, 1.807) is 7.05 Å². The van der Waals surface area contributed by atoms with Crippen LogP contribution in [0.5, 0.6) is 0 Å². The smallest absolute Gasteiger partial charge is 0.242 e. The van der Waals surface area contributed by atoms with Crippen molar-refractivity contribution < 1.29 is 28.8 Å². The molecule has 0 saturated heterocycles. The zero-order valence-corrected chi connectivity index (χ0v) is 19.6. The molecule has 0 aromatic heterocycles. The molecule has 3 amide bonds. The van der Waals surface area contributed by atoms with Crippen LogP contribution in [-0.2, 0) is 28.8 Å². The van der Waals surface area contributed by atoms with E-state index in [1.807, 2.05) is 0 Å². The fraction of sp³-hybridized carbons (Fsp3) is 0.727. The molecule has 182 valence electrons. The number of ketones is 3. The van der Waals surface area contributed by atoms with E-state index in [2.05, 4.69) is 21.3 Å². The van der Waals surface area contributed by atoms with Gasteiger partial charge in [-0.05, 0) is 59.9 Å². The highest BCUT2D eigenvalue weighted by Crippen LogP contribution is 2.08. The summed E-state index contributed by atoms with van der Waals surface area (Å²) in [6.45, 7) is 4.78. The zero-order chi connectivity index (χ0) is 24.5. The van der Waals surface area contributed by atoms with Gasteiger partial charge in [0.1, 0.15) is 23.4 Å². The van der Waals surface area contributed by atoms with Crippen molar-refractivity contribution >= 4 is 35.6 Å². The Bertz CT molecular complexity index is 652. The van der Waals surface area contributed by atoms with Crippen molar-refractivity contribution in [2.45, 2.75) is 90.3 Å². The molecule has 3 unspecified atom stereocenters. The van der Waals surface area contributed by atoms with Crippen LogP contribution < -0.4 is 21.3 Å². The van der Waals surface area contributed by atoms with Gasteiger partial charge in [0.2, 0.25) is 18.2 Å². The van der Waals surface area contributed by atoms with Crippen molar-refractivity contribution in [2.75, 3.05) is 13.6 Å². The van der Waals surface area contributed by atoms with E-state index in [0.29, 0.717) is 45.1 Å². The summed E-state index contributed by atoms with van der Waals surface area (Å²) < 4.78 is 0. The van der Waals surface area contributed by atoms with Crippen molar-refractivity contribution in [1.29, 1.82) is 0 Å². The minimum atomic E-state index is -0.835. The van der Waals surface area contributed by atoms with Gasteiger partial charge in [0, 0.05) is 31.8 Å². The molecule has 0 aliphatic rings. The van der Waals surface area contributed by atoms with Crippen LogP contribution in [0.25, 0.3) is 0 Å². The molecule has 10 nitrogen and oxygen atoms in total. The predicted octanol–water partition coefficient (Wildman–Crippen LogP) is 0.178. The molecular formula is C22H38N4O6. The number of hydrogen-bond donors (Lipinski definition) is 4. The molecule has 0 aromatic carbocycles. The maximum Gasteiger partial charge on any atom is 0.242 e. The minimum Gasteiger partial charge on any atom is -0.355 e. The van der Waals surface area contributed by atoms with Gasteiger partial charge in [-0.2, -0.15) is 0 Å². The lowest BCUT2D eigenvalue weighted by Gasteiger charge is -2.22. The summed E-state index contributed by atoms with van der Waals surface area (Å²) in [5.74, 6) is -0.728. The molecule has 10 heteroatoms. The van der Waals surface area contributed by atoms with Gasteiger partial charge in [0.25, 0.3) is 0 Å². The molecule has 4 N–H and O–H groups in total. The molecule has 3 atom stereocenters. The number of hydrogen-bond acceptors (Lipinski definition) is 7. The van der Waals surface area contributed by atoms with Crippen LogP contribution in [0.4, 0.5) is 0 Å². The van der Waals surface area contributed by atoms with Crippen LogP contribution in [0.1, 0.15) is 72.1 Å². The highest BCUT2D eigenvalue weighted by molar-refractivity contribution is 5.86. The molecule has 0 fully saturated rings. The molecule has 0 rings (SSSR count). The topological polar surface area (TPSA) is 151 Å². The number of unbranched alkanes of at least 4 members (excludes halogenated alkanes) is 1. The quantitative estimate of drug-likeness (QED) is 0.161. The van der Waals surface area contributed by atoms with Gasteiger partial charge in [-0.15, -0.1) is 0 Å². The van der Waals surface area contributed by atoms with Gasteiger partial charge in [0.05, 0.1) is 6.04 Å². The standard InChI is InChI=1S/C22H38N4O6/c1-15(28)8-10-19(23-4)21(31)24-12-6-5-7-18(13-17(3)30)26-22(32)20(25-14-27)11-9-16(2)29/h14,18-20,23H,5-13H2,1-4H3,(H,24,31)(H,25,27)(H,26,32). The number of Topliss-reactive ketones (excluding diaryl/α,β-unsaturated/α-hetero) is 3. The molecule has 0 aliphatic carbocycles. The SMILES string of the molecule is CNC(CCC(C)=O)C(=O)NCCCCC(CC(C)=O)NC(=O)C(CCC(C)=O)NC=O. The zero-order valence-electron chi connectivity index (χ0n) is 19.6. The predicted molar refractivity (Wildman–Crippen MR) is 120 cm³/mol. The first-order valence-corrected chi connectivity index (χ1v) is 11.0. The minimum absolute atomic E-state index is 0.0310. The van der Waals surface area contributed by atoms with E-state index in [1.165, 1.54) is 20.8 Å². The molecule has 32 heavy (non-hydrogen) atoms. The summed E-state index contributed by atoms with van der Waals surface area (Å²) in [4.78, 5) is 69.3. The molecule has 0 heterocycles. The average molecular weight is 455 g/mol. The summed E-state index contributed by atoms with van der Waals surface area (Å²) in [6.07, 6.45) is 3.54. The Morgan fingerprint density at radius 3 is 1.88 bits per heavy atom. The maximum absolute atomic E-state index is 12.5. The Kier molecular flexibility index (Phi) is 15.6.